The number of fused-ring (bicyclic) bond motifs is 1. The molecule has 1 aromatic rings. The molecule has 0 bridgehead atoms. The lowest BCUT2D eigenvalue weighted by Gasteiger charge is -2.34. The Morgan fingerprint density at radius 2 is 2.12 bits per heavy atom. The van der Waals surface area contributed by atoms with Gasteiger partial charge in [0.2, 0.25) is 11.8 Å². The largest absolute Gasteiger partial charge is 0.416 e. The van der Waals surface area contributed by atoms with Crippen molar-refractivity contribution in [2.24, 2.45) is 0 Å². The Labute approximate surface area is 148 Å². The number of hydrogen-bond donors (Lipinski definition) is 1. The zero-order chi connectivity index (χ0) is 18.2. The predicted molar refractivity (Wildman–Crippen MR) is 89.4 cm³/mol. The Morgan fingerprint density at radius 3 is 2.80 bits per heavy atom. The minimum atomic E-state index is -4.46. The van der Waals surface area contributed by atoms with Crippen LogP contribution in [0.1, 0.15) is 38.2 Å². The summed E-state index contributed by atoms with van der Waals surface area (Å²) in [5.41, 5.74) is -0.649. The van der Waals surface area contributed by atoms with Gasteiger partial charge in [0.15, 0.2) is 0 Å². The Balaban J connectivity index is 1.71. The number of nitrogens with zero attached hydrogens (tertiary/aromatic N) is 1. The van der Waals surface area contributed by atoms with Crippen LogP contribution in [0.4, 0.5) is 18.9 Å². The normalized spacial score (nSPS) is 23.8. The first kappa shape index (κ1) is 18.1. The van der Waals surface area contributed by atoms with Gasteiger partial charge in [-0.25, -0.2) is 0 Å². The number of rotatable bonds is 2. The second-order valence-corrected chi connectivity index (χ2v) is 7.69. The summed E-state index contributed by atoms with van der Waals surface area (Å²) in [4.78, 5) is 27.1. The van der Waals surface area contributed by atoms with E-state index in [1.54, 1.807) is 4.90 Å². The summed E-state index contributed by atoms with van der Waals surface area (Å²) in [6.45, 7) is 2.70. The van der Waals surface area contributed by atoms with E-state index in [1.807, 2.05) is 6.92 Å². The van der Waals surface area contributed by atoms with Crippen LogP contribution in [-0.4, -0.2) is 34.6 Å². The molecule has 0 unspecified atom stereocenters. The van der Waals surface area contributed by atoms with E-state index in [9.17, 15) is 22.8 Å². The summed E-state index contributed by atoms with van der Waals surface area (Å²) in [7, 11) is 0. The van der Waals surface area contributed by atoms with Gasteiger partial charge in [-0.15, -0.1) is 11.8 Å². The van der Waals surface area contributed by atoms with Crippen LogP contribution in [0, 0.1) is 0 Å². The van der Waals surface area contributed by atoms with E-state index >= 15 is 0 Å². The highest BCUT2D eigenvalue weighted by Crippen LogP contribution is 2.40. The van der Waals surface area contributed by atoms with E-state index in [2.05, 4.69) is 5.32 Å². The molecular formula is C17H19F3N2O2S. The molecule has 2 atom stereocenters. The van der Waals surface area contributed by atoms with Crippen LogP contribution in [0.15, 0.2) is 23.1 Å². The second kappa shape index (κ2) is 6.90. The first-order valence-electron chi connectivity index (χ1n) is 8.24. The van der Waals surface area contributed by atoms with Crippen LogP contribution in [0.2, 0.25) is 0 Å². The second-order valence-electron chi connectivity index (χ2n) is 6.44. The Morgan fingerprint density at radius 1 is 1.36 bits per heavy atom. The number of anilines is 1. The Hall–Kier alpha value is -1.70. The predicted octanol–water partition coefficient (Wildman–Crippen LogP) is 3.91. The molecule has 0 aliphatic carbocycles. The minimum absolute atomic E-state index is 0.0568. The lowest BCUT2D eigenvalue weighted by Crippen LogP contribution is -2.44. The number of nitrogens with one attached hydrogen (secondary N) is 1. The van der Waals surface area contributed by atoms with Crippen molar-refractivity contribution in [1.29, 1.82) is 0 Å². The molecule has 8 heteroatoms. The Bertz CT molecular complexity index is 693. The SMILES string of the molecule is C[C@H]1CCCCN1C(=O)C[C@H]1Sc2ccc(C(F)(F)F)cc2NC1=O. The molecule has 2 heterocycles. The van der Waals surface area contributed by atoms with Gasteiger partial charge >= 0.3 is 6.18 Å². The molecule has 0 spiro atoms. The first-order valence-corrected chi connectivity index (χ1v) is 9.12. The fraction of sp³-hybridized carbons (Fsp3) is 0.529. The van der Waals surface area contributed by atoms with E-state index < -0.39 is 22.9 Å². The van der Waals surface area contributed by atoms with Crippen molar-refractivity contribution in [3.8, 4) is 0 Å². The number of halogens is 3. The zero-order valence-electron chi connectivity index (χ0n) is 13.7. The monoisotopic (exact) mass is 372 g/mol. The highest BCUT2D eigenvalue weighted by molar-refractivity contribution is 8.01. The van der Waals surface area contributed by atoms with E-state index in [0.717, 1.165) is 43.2 Å². The molecule has 2 aliphatic rings. The van der Waals surface area contributed by atoms with Gasteiger partial charge < -0.3 is 10.2 Å². The summed E-state index contributed by atoms with van der Waals surface area (Å²) >= 11 is 1.15. The maximum atomic E-state index is 12.8. The molecule has 0 aromatic heterocycles. The maximum absolute atomic E-state index is 12.8. The number of carbonyl (C=O) groups excluding carboxylic acids is 2. The van der Waals surface area contributed by atoms with Crippen molar-refractivity contribution in [3.63, 3.8) is 0 Å². The fourth-order valence-corrected chi connectivity index (χ4v) is 4.29. The number of benzene rings is 1. The number of hydrogen-bond acceptors (Lipinski definition) is 3. The third-order valence-electron chi connectivity index (χ3n) is 4.61. The highest BCUT2D eigenvalue weighted by Gasteiger charge is 2.35. The summed E-state index contributed by atoms with van der Waals surface area (Å²) < 4.78 is 38.3. The van der Waals surface area contributed by atoms with Crippen molar-refractivity contribution >= 4 is 29.3 Å². The molecule has 1 aromatic carbocycles. The van der Waals surface area contributed by atoms with Gasteiger partial charge in [-0.3, -0.25) is 9.59 Å². The topological polar surface area (TPSA) is 49.4 Å². The molecule has 25 heavy (non-hydrogen) atoms. The number of likely N-dealkylation sites (tertiary alicyclic amines) is 1. The van der Waals surface area contributed by atoms with Crippen LogP contribution in [-0.2, 0) is 15.8 Å². The number of alkyl halides is 3. The molecule has 2 amide bonds. The molecule has 4 nitrogen and oxygen atoms in total. The van der Waals surface area contributed by atoms with Gasteiger partial charge in [0.1, 0.15) is 0 Å². The van der Waals surface area contributed by atoms with E-state index in [-0.39, 0.29) is 24.1 Å². The maximum Gasteiger partial charge on any atom is 0.416 e. The van der Waals surface area contributed by atoms with Crippen LogP contribution < -0.4 is 5.32 Å². The van der Waals surface area contributed by atoms with Gasteiger partial charge in [0, 0.05) is 23.9 Å². The molecule has 2 aliphatic heterocycles. The molecular weight excluding hydrogens is 353 g/mol. The molecule has 0 saturated carbocycles. The van der Waals surface area contributed by atoms with Crippen molar-refractivity contribution in [3.05, 3.63) is 23.8 Å². The Kier molecular flexibility index (Phi) is 4.99. The number of carbonyl (C=O) groups is 2. The van der Waals surface area contributed by atoms with Crippen LogP contribution in [0.3, 0.4) is 0 Å². The average Bonchev–Trinajstić information content (AvgIpc) is 2.54. The van der Waals surface area contributed by atoms with Gasteiger partial charge in [-0.05, 0) is 44.4 Å². The summed E-state index contributed by atoms with van der Waals surface area (Å²) in [6.07, 6.45) is -1.39. The van der Waals surface area contributed by atoms with E-state index in [1.165, 1.54) is 6.07 Å². The molecule has 1 saturated heterocycles. The number of piperidine rings is 1. The van der Waals surface area contributed by atoms with Crippen LogP contribution >= 0.6 is 11.8 Å². The van der Waals surface area contributed by atoms with Crippen LogP contribution in [0.5, 0.6) is 0 Å². The van der Waals surface area contributed by atoms with Crippen molar-refractivity contribution < 1.29 is 22.8 Å². The minimum Gasteiger partial charge on any atom is -0.340 e. The van der Waals surface area contributed by atoms with E-state index in [4.69, 9.17) is 0 Å². The first-order chi connectivity index (χ1) is 11.8. The molecule has 0 radical (unpaired) electrons. The lowest BCUT2D eigenvalue weighted by atomic mass is 10.0. The van der Waals surface area contributed by atoms with Gasteiger partial charge in [-0.1, -0.05) is 0 Å². The third kappa shape index (κ3) is 3.94. The third-order valence-corrected chi connectivity index (χ3v) is 5.88. The zero-order valence-corrected chi connectivity index (χ0v) is 14.5. The number of amides is 2. The highest BCUT2D eigenvalue weighted by atomic mass is 32.2. The summed E-state index contributed by atoms with van der Waals surface area (Å²) in [5.74, 6) is -0.495. The van der Waals surface area contributed by atoms with Gasteiger partial charge in [0.25, 0.3) is 0 Å². The molecule has 136 valence electrons. The van der Waals surface area contributed by atoms with Crippen molar-refractivity contribution in [2.45, 2.75) is 55.0 Å². The number of thioether (sulfide) groups is 1. The fourth-order valence-electron chi connectivity index (χ4n) is 3.21. The van der Waals surface area contributed by atoms with Crippen molar-refractivity contribution in [2.75, 3.05) is 11.9 Å². The summed E-state index contributed by atoms with van der Waals surface area (Å²) in [5, 5.41) is 1.89. The van der Waals surface area contributed by atoms with Crippen molar-refractivity contribution in [1.82, 2.24) is 4.90 Å². The molecule has 3 rings (SSSR count). The standard InChI is InChI=1S/C17H19F3N2O2S/c1-10-4-2-3-7-22(10)15(23)9-14-16(24)21-12-8-11(17(18,19)20)5-6-13(12)25-14/h5-6,8,10,14H,2-4,7,9H2,1H3,(H,21,24)/t10-,14+/m0/s1. The smallest absolute Gasteiger partial charge is 0.340 e. The molecule has 1 fully saturated rings. The summed E-state index contributed by atoms with van der Waals surface area (Å²) in [6, 6.07) is 3.45. The molecule has 1 N–H and O–H groups in total. The lowest BCUT2D eigenvalue weighted by molar-refractivity contribution is -0.137. The van der Waals surface area contributed by atoms with Gasteiger partial charge in [0.05, 0.1) is 16.5 Å². The average molecular weight is 372 g/mol. The van der Waals surface area contributed by atoms with Crippen LogP contribution in [0.25, 0.3) is 0 Å². The van der Waals surface area contributed by atoms with Gasteiger partial charge in [-0.2, -0.15) is 13.2 Å². The van der Waals surface area contributed by atoms with E-state index in [0.29, 0.717) is 11.4 Å². The quantitative estimate of drug-likeness (QED) is 0.856.